The Hall–Kier alpha value is -0.120. The Bertz CT molecular complexity index is 263. The number of hydrogen-bond acceptors (Lipinski definition) is 3. The molecular weight excluding hydrogens is 212 g/mol. The van der Waals surface area contributed by atoms with Gasteiger partial charge in [0.2, 0.25) is 0 Å². The summed E-state index contributed by atoms with van der Waals surface area (Å²) >= 11 is 0. The average Bonchev–Trinajstić information content (AvgIpc) is 2.77. The van der Waals surface area contributed by atoms with Crippen molar-refractivity contribution in [3.8, 4) is 0 Å². The molecule has 2 aliphatic heterocycles. The molecule has 3 nitrogen and oxygen atoms in total. The fourth-order valence-corrected chi connectivity index (χ4v) is 3.99. The Morgan fingerprint density at radius 2 is 2.12 bits per heavy atom. The third-order valence-electron chi connectivity index (χ3n) is 4.94. The molecule has 3 heteroatoms. The fourth-order valence-electron chi connectivity index (χ4n) is 3.99. The molecule has 17 heavy (non-hydrogen) atoms. The van der Waals surface area contributed by atoms with Crippen molar-refractivity contribution in [2.45, 2.75) is 63.1 Å². The lowest BCUT2D eigenvalue weighted by Gasteiger charge is -2.46. The first-order valence-electron chi connectivity index (χ1n) is 7.38. The van der Waals surface area contributed by atoms with Crippen molar-refractivity contribution in [2.75, 3.05) is 26.2 Å². The molecule has 2 saturated heterocycles. The van der Waals surface area contributed by atoms with Gasteiger partial charge in [-0.3, -0.25) is 4.90 Å². The van der Waals surface area contributed by atoms with Gasteiger partial charge in [0.05, 0.1) is 6.10 Å². The van der Waals surface area contributed by atoms with E-state index in [1.165, 1.54) is 58.2 Å². The minimum atomic E-state index is 0.461. The van der Waals surface area contributed by atoms with Crippen LogP contribution in [0.1, 0.15) is 45.4 Å². The molecule has 1 aliphatic carbocycles. The van der Waals surface area contributed by atoms with Crippen molar-refractivity contribution < 1.29 is 4.74 Å². The van der Waals surface area contributed by atoms with Gasteiger partial charge in [0.15, 0.2) is 0 Å². The molecule has 1 N–H and O–H groups in total. The van der Waals surface area contributed by atoms with E-state index in [2.05, 4.69) is 17.1 Å². The van der Waals surface area contributed by atoms with E-state index >= 15 is 0 Å². The Morgan fingerprint density at radius 3 is 2.88 bits per heavy atom. The van der Waals surface area contributed by atoms with Crippen molar-refractivity contribution in [1.29, 1.82) is 0 Å². The van der Waals surface area contributed by atoms with E-state index in [1.54, 1.807) is 0 Å². The summed E-state index contributed by atoms with van der Waals surface area (Å²) in [5, 5.41) is 3.80. The number of rotatable bonds is 1. The number of hydrogen-bond donors (Lipinski definition) is 1. The third kappa shape index (κ3) is 2.51. The van der Waals surface area contributed by atoms with Gasteiger partial charge in [-0.05, 0) is 32.6 Å². The minimum absolute atomic E-state index is 0.461. The molecule has 0 aromatic rings. The fraction of sp³-hybridized carbons (Fsp3) is 1.00. The maximum Gasteiger partial charge on any atom is 0.0561 e. The lowest BCUT2D eigenvalue weighted by molar-refractivity contribution is -0.0303. The normalized spacial score (nSPS) is 38.6. The maximum absolute atomic E-state index is 5.67. The summed E-state index contributed by atoms with van der Waals surface area (Å²) in [5.41, 5.74) is 0.472. The quantitative estimate of drug-likeness (QED) is 0.753. The largest absolute Gasteiger partial charge is 0.378 e. The first-order chi connectivity index (χ1) is 8.27. The van der Waals surface area contributed by atoms with Crippen LogP contribution < -0.4 is 5.32 Å². The number of nitrogens with one attached hydrogen (secondary N) is 1. The summed E-state index contributed by atoms with van der Waals surface area (Å²) < 4.78 is 5.67. The van der Waals surface area contributed by atoms with Crippen LogP contribution in [-0.4, -0.2) is 48.8 Å². The second kappa shape index (κ2) is 4.87. The summed E-state index contributed by atoms with van der Waals surface area (Å²) in [6.07, 6.45) is 8.56. The lowest BCUT2D eigenvalue weighted by Crippen LogP contribution is -2.61. The molecule has 3 rings (SSSR count). The summed E-state index contributed by atoms with van der Waals surface area (Å²) in [5.74, 6) is 0. The van der Waals surface area contributed by atoms with Crippen molar-refractivity contribution in [1.82, 2.24) is 10.2 Å². The zero-order valence-corrected chi connectivity index (χ0v) is 11.1. The molecule has 0 radical (unpaired) electrons. The molecule has 3 aliphatic rings. The molecule has 1 saturated carbocycles. The highest BCUT2D eigenvalue weighted by molar-refractivity contribution is 4.99. The van der Waals surface area contributed by atoms with Gasteiger partial charge >= 0.3 is 0 Å². The summed E-state index contributed by atoms with van der Waals surface area (Å²) in [6.45, 7) is 6.89. The highest BCUT2D eigenvalue weighted by Gasteiger charge is 2.39. The molecule has 0 aromatic carbocycles. The van der Waals surface area contributed by atoms with Crippen molar-refractivity contribution in [3.05, 3.63) is 0 Å². The molecule has 98 valence electrons. The van der Waals surface area contributed by atoms with E-state index in [-0.39, 0.29) is 0 Å². The molecule has 3 fully saturated rings. The van der Waals surface area contributed by atoms with E-state index in [9.17, 15) is 0 Å². The average molecular weight is 238 g/mol. The van der Waals surface area contributed by atoms with Crippen LogP contribution in [0, 0.1) is 0 Å². The summed E-state index contributed by atoms with van der Waals surface area (Å²) in [6, 6.07) is 0.776. The summed E-state index contributed by atoms with van der Waals surface area (Å²) in [7, 11) is 0. The van der Waals surface area contributed by atoms with Crippen molar-refractivity contribution in [2.24, 2.45) is 0 Å². The van der Waals surface area contributed by atoms with E-state index in [0.717, 1.165) is 12.6 Å². The van der Waals surface area contributed by atoms with Crippen LogP contribution in [0.2, 0.25) is 0 Å². The van der Waals surface area contributed by atoms with Crippen molar-refractivity contribution >= 4 is 0 Å². The highest BCUT2D eigenvalue weighted by Crippen LogP contribution is 2.33. The van der Waals surface area contributed by atoms with E-state index < -0.39 is 0 Å². The standard InChI is InChI=1S/C14H26N2O/c1-12-10-13(4-9-17-12)16-8-7-15-14(11-16)5-2-3-6-14/h12-13,15H,2-11H2,1H3. The lowest BCUT2D eigenvalue weighted by atomic mass is 9.92. The van der Waals surface area contributed by atoms with Crippen LogP contribution in [0.5, 0.6) is 0 Å². The van der Waals surface area contributed by atoms with E-state index in [0.29, 0.717) is 11.6 Å². The summed E-state index contributed by atoms with van der Waals surface area (Å²) in [4.78, 5) is 2.75. The van der Waals surface area contributed by atoms with Gasteiger partial charge in [-0.1, -0.05) is 12.8 Å². The predicted molar refractivity (Wildman–Crippen MR) is 69.2 cm³/mol. The van der Waals surface area contributed by atoms with Crippen LogP contribution in [0.25, 0.3) is 0 Å². The Kier molecular flexibility index (Phi) is 3.42. The van der Waals surface area contributed by atoms with Crippen LogP contribution >= 0.6 is 0 Å². The number of ether oxygens (including phenoxy) is 1. The molecule has 1 spiro atoms. The predicted octanol–water partition coefficient (Wildman–Crippen LogP) is 1.77. The van der Waals surface area contributed by atoms with Crippen LogP contribution in [0.4, 0.5) is 0 Å². The van der Waals surface area contributed by atoms with Crippen molar-refractivity contribution in [3.63, 3.8) is 0 Å². The van der Waals surface area contributed by atoms with Gasteiger partial charge < -0.3 is 10.1 Å². The zero-order valence-electron chi connectivity index (χ0n) is 11.1. The van der Waals surface area contributed by atoms with E-state index in [4.69, 9.17) is 4.74 Å². The first kappa shape index (κ1) is 11.9. The molecule has 2 atom stereocenters. The zero-order chi connectivity index (χ0) is 11.7. The Morgan fingerprint density at radius 1 is 1.29 bits per heavy atom. The smallest absolute Gasteiger partial charge is 0.0561 e. The number of piperazine rings is 1. The van der Waals surface area contributed by atoms with Gasteiger partial charge in [-0.15, -0.1) is 0 Å². The Labute approximate surface area is 105 Å². The molecule has 0 bridgehead atoms. The molecule has 0 amide bonds. The van der Waals surface area contributed by atoms with Gasteiger partial charge in [-0.2, -0.15) is 0 Å². The molecular formula is C14H26N2O. The molecule has 2 heterocycles. The van der Waals surface area contributed by atoms with Crippen LogP contribution in [0.15, 0.2) is 0 Å². The highest BCUT2D eigenvalue weighted by atomic mass is 16.5. The monoisotopic (exact) mass is 238 g/mol. The second-order valence-electron chi connectivity index (χ2n) is 6.24. The second-order valence-corrected chi connectivity index (χ2v) is 6.24. The molecule has 0 aromatic heterocycles. The topological polar surface area (TPSA) is 24.5 Å². The first-order valence-corrected chi connectivity index (χ1v) is 7.38. The molecule has 2 unspecified atom stereocenters. The van der Waals surface area contributed by atoms with Gasteiger partial charge in [0.25, 0.3) is 0 Å². The Balaban J connectivity index is 1.62. The van der Waals surface area contributed by atoms with E-state index in [1.807, 2.05) is 0 Å². The number of nitrogens with zero attached hydrogens (tertiary/aromatic N) is 1. The van der Waals surface area contributed by atoms with Gasteiger partial charge in [-0.25, -0.2) is 0 Å². The SMILES string of the molecule is CC1CC(N2CCNC3(CCCC3)C2)CCO1. The van der Waals surface area contributed by atoms with Crippen LogP contribution in [0.3, 0.4) is 0 Å². The van der Waals surface area contributed by atoms with Gasteiger partial charge in [0.1, 0.15) is 0 Å². The minimum Gasteiger partial charge on any atom is -0.378 e. The third-order valence-corrected chi connectivity index (χ3v) is 4.94. The van der Waals surface area contributed by atoms with Gasteiger partial charge in [0, 0.05) is 37.8 Å². The maximum atomic E-state index is 5.67. The van der Waals surface area contributed by atoms with Crippen LogP contribution in [-0.2, 0) is 4.74 Å².